The summed E-state index contributed by atoms with van der Waals surface area (Å²) in [6.07, 6.45) is 4.55. The van der Waals surface area contributed by atoms with Gasteiger partial charge in [0.05, 0.1) is 29.5 Å². The maximum atomic E-state index is 9.35. The van der Waals surface area contributed by atoms with Gasteiger partial charge < -0.3 is 4.42 Å². The van der Waals surface area contributed by atoms with Crippen molar-refractivity contribution in [3.8, 4) is 12.1 Å². The van der Waals surface area contributed by atoms with E-state index in [0.29, 0.717) is 22.5 Å². The molecule has 0 saturated carbocycles. The highest BCUT2D eigenvalue weighted by atomic mass is 16.3. The van der Waals surface area contributed by atoms with Crippen molar-refractivity contribution >= 4 is 0 Å². The van der Waals surface area contributed by atoms with Crippen LogP contribution >= 0.6 is 0 Å². The van der Waals surface area contributed by atoms with Gasteiger partial charge in [-0.2, -0.15) is 15.6 Å². The standard InChI is InChI=1S/C15H9N5O/c16-7-11-3-4-13(12(6-11)8-17)15(14-2-1-5-21-14)20-10-18-9-19-20/h1-6,9-10,15H. The van der Waals surface area contributed by atoms with E-state index >= 15 is 0 Å². The van der Waals surface area contributed by atoms with Crippen LogP contribution in [0.25, 0.3) is 0 Å². The topological polar surface area (TPSA) is 91.4 Å². The van der Waals surface area contributed by atoms with Crippen LogP contribution in [-0.4, -0.2) is 14.8 Å². The Labute approximate surface area is 120 Å². The van der Waals surface area contributed by atoms with Gasteiger partial charge in [-0.15, -0.1) is 0 Å². The molecule has 0 amide bonds. The first kappa shape index (κ1) is 12.6. The van der Waals surface area contributed by atoms with E-state index in [-0.39, 0.29) is 0 Å². The molecule has 0 fully saturated rings. The van der Waals surface area contributed by atoms with Gasteiger partial charge in [-0.3, -0.25) is 0 Å². The highest BCUT2D eigenvalue weighted by Crippen LogP contribution is 2.29. The molecule has 0 saturated heterocycles. The maximum Gasteiger partial charge on any atom is 0.138 e. The number of aromatic nitrogens is 3. The van der Waals surface area contributed by atoms with E-state index in [1.165, 1.54) is 6.33 Å². The van der Waals surface area contributed by atoms with Gasteiger partial charge in [0.1, 0.15) is 24.5 Å². The molecule has 3 aromatic rings. The van der Waals surface area contributed by atoms with Crippen molar-refractivity contribution in [1.29, 1.82) is 10.5 Å². The Kier molecular flexibility index (Phi) is 3.20. The first-order valence-electron chi connectivity index (χ1n) is 6.15. The van der Waals surface area contributed by atoms with E-state index in [1.807, 2.05) is 12.1 Å². The number of nitrogens with zero attached hydrogens (tertiary/aromatic N) is 5. The van der Waals surface area contributed by atoms with Crippen molar-refractivity contribution < 1.29 is 4.42 Å². The zero-order valence-corrected chi connectivity index (χ0v) is 10.8. The summed E-state index contributed by atoms with van der Waals surface area (Å²) in [5.41, 5.74) is 1.55. The lowest BCUT2D eigenvalue weighted by Crippen LogP contribution is -2.13. The van der Waals surface area contributed by atoms with Crippen molar-refractivity contribution in [3.63, 3.8) is 0 Å². The highest BCUT2D eigenvalue weighted by Gasteiger charge is 2.23. The number of benzene rings is 1. The van der Waals surface area contributed by atoms with Crippen LogP contribution in [0.2, 0.25) is 0 Å². The first-order chi connectivity index (χ1) is 10.3. The largest absolute Gasteiger partial charge is 0.467 e. The zero-order chi connectivity index (χ0) is 14.7. The van der Waals surface area contributed by atoms with Crippen LogP contribution in [0.4, 0.5) is 0 Å². The average molecular weight is 275 g/mol. The molecule has 21 heavy (non-hydrogen) atoms. The fourth-order valence-corrected chi connectivity index (χ4v) is 2.18. The van der Waals surface area contributed by atoms with Crippen LogP contribution in [0.15, 0.2) is 53.7 Å². The van der Waals surface area contributed by atoms with Crippen LogP contribution in [0.5, 0.6) is 0 Å². The van der Waals surface area contributed by atoms with E-state index in [1.54, 1.807) is 41.5 Å². The minimum atomic E-state index is -0.398. The van der Waals surface area contributed by atoms with Crippen molar-refractivity contribution in [3.05, 3.63) is 71.7 Å². The highest BCUT2D eigenvalue weighted by molar-refractivity contribution is 5.47. The monoisotopic (exact) mass is 275 g/mol. The van der Waals surface area contributed by atoms with Crippen molar-refractivity contribution in [1.82, 2.24) is 14.8 Å². The van der Waals surface area contributed by atoms with Gasteiger partial charge in [0.15, 0.2) is 0 Å². The summed E-state index contributed by atoms with van der Waals surface area (Å²) in [6.45, 7) is 0. The number of hydrogen-bond acceptors (Lipinski definition) is 5. The lowest BCUT2D eigenvalue weighted by atomic mass is 9.97. The molecule has 0 aliphatic carbocycles. The van der Waals surface area contributed by atoms with Crippen LogP contribution < -0.4 is 0 Å². The third kappa shape index (κ3) is 2.26. The van der Waals surface area contributed by atoms with Gasteiger partial charge in [0.2, 0.25) is 0 Å². The minimum Gasteiger partial charge on any atom is -0.467 e. The molecule has 0 spiro atoms. The molecule has 0 radical (unpaired) electrons. The molecule has 0 aliphatic rings. The van der Waals surface area contributed by atoms with E-state index in [4.69, 9.17) is 9.68 Å². The lowest BCUT2D eigenvalue weighted by molar-refractivity contribution is 0.440. The van der Waals surface area contributed by atoms with E-state index in [2.05, 4.69) is 16.2 Å². The minimum absolute atomic E-state index is 0.398. The molecule has 2 heterocycles. The van der Waals surface area contributed by atoms with Crippen LogP contribution in [0, 0.1) is 22.7 Å². The third-order valence-electron chi connectivity index (χ3n) is 3.11. The predicted octanol–water partition coefficient (Wildman–Crippen LogP) is 2.25. The molecular formula is C15H9N5O. The molecule has 1 aromatic carbocycles. The SMILES string of the molecule is N#Cc1ccc(C(c2ccco2)n2cncn2)c(C#N)c1. The van der Waals surface area contributed by atoms with Gasteiger partial charge in [-0.25, -0.2) is 9.67 Å². The summed E-state index contributed by atoms with van der Waals surface area (Å²) >= 11 is 0. The Morgan fingerprint density at radius 1 is 1.19 bits per heavy atom. The Morgan fingerprint density at radius 2 is 2.10 bits per heavy atom. The molecule has 0 bridgehead atoms. The van der Waals surface area contributed by atoms with Crippen LogP contribution in [0.3, 0.4) is 0 Å². The average Bonchev–Trinajstić information content (AvgIpc) is 3.21. The van der Waals surface area contributed by atoms with Gasteiger partial charge in [0.25, 0.3) is 0 Å². The number of furan rings is 1. The summed E-state index contributed by atoms with van der Waals surface area (Å²) in [6, 6.07) is 12.3. The summed E-state index contributed by atoms with van der Waals surface area (Å²) in [7, 11) is 0. The summed E-state index contributed by atoms with van der Waals surface area (Å²) in [4.78, 5) is 3.94. The lowest BCUT2D eigenvalue weighted by Gasteiger charge is -2.16. The second-order valence-electron chi connectivity index (χ2n) is 4.32. The second-order valence-corrected chi connectivity index (χ2v) is 4.32. The number of hydrogen-bond donors (Lipinski definition) is 0. The molecule has 0 N–H and O–H groups in total. The molecule has 100 valence electrons. The molecule has 0 aliphatic heterocycles. The molecule has 2 aromatic heterocycles. The Bertz CT molecular complexity index is 788. The van der Waals surface area contributed by atoms with Crippen molar-refractivity contribution in [2.45, 2.75) is 6.04 Å². The smallest absolute Gasteiger partial charge is 0.138 e. The van der Waals surface area contributed by atoms with Crippen molar-refractivity contribution in [2.75, 3.05) is 0 Å². The van der Waals surface area contributed by atoms with Crippen LogP contribution in [-0.2, 0) is 0 Å². The molecular weight excluding hydrogens is 266 g/mol. The maximum absolute atomic E-state index is 9.35. The van der Waals surface area contributed by atoms with E-state index in [9.17, 15) is 5.26 Å². The zero-order valence-electron chi connectivity index (χ0n) is 10.8. The summed E-state index contributed by atoms with van der Waals surface area (Å²) in [5, 5.41) is 22.4. The third-order valence-corrected chi connectivity index (χ3v) is 3.11. The van der Waals surface area contributed by atoms with E-state index in [0.717, 1.165) is 0 Å². The van der Waals surface area contributed by atoms with E-state index < -0.39 is 6.04 Å². The Balaban J connectivity index is 2.19. The molecule has 1 atom stereocenters. The second kappa shape index (κ2) is 5.32. The predicted molar refractivity (Wildman–Crippen MR) is 71.8 cm³/mol. The first-order valence-corrected chi connectivity index (χ1v) is 6.15. The number of nitriles is 2. The molecule has 3 rings (SSSR count). The van der Waals surface area contributed by atoms with Gasteiger partial charge >= 0.3 is 0 Å². The quantitative estimate of drug-likeness (QED) is 0.731. The van der Waals surface area contributed by atoms with Gasteiger partial charge in [0, 0.05) is 5.56 Å². The number of rotatable bonds is 3. The normalized spacial score (nSPS) is 11.5. The molecule has 6 heteroatoms. The summed E-state index contributed by atoms with van der Waals surface area (Å²) in [5.74, 6) is 0.640. The molecule has 6 nitrogen and oxygen atoms in total. The summed E-state index contributed by atoms with van der Waals surface area (Å²) < 4.78 is 7.08. The Hall–Kier alpha value is -3.38. The van der Waals surface area contributed by atoms with Gasteiger partial charge in [-0.05, 0) is 24.3 Å². The fourth-order valence-electron chi connectivity index (χ4n) is 2.18. The van der Waals surface area contributed by atoms with Gasteiger partial charge in [-0.1, -0.05) is 6.07 Å². The fraction of sp³-hybridized carbons (Fsp3) is 0.0667. The molecule has 1 unspecified atom stereocenters. The Morgan fingerprint density at radius 3 is 2.71 bits per heavy atom. The van der Waals surface area contributed by atoms with Crippen molar-refractivity contribution in [2.24, 2.45) is 0 Å². The van der Waals surface area contributed by atoms with Crippen LogP contribution in [0.1, 0.15) is 28.5 Å².